The Labute approximate surface area is 62.0 Å². The normalized spacial score (nSPS) is 11.7. The minimum absolute atomic E-state index is 0.0585. The number of carbonyl (C=O) groups excluding carboxylic acids is 1. The molecule has 0 aliphatic heterocycles. The number of rotatable bonds is 3. The van der Waals surface area contributed by atoms with Gasteiger partial charge in [0.15, 0.2) is 0 Å². The predicted octanol–water partition coefficient (Wildman–Crippen LogP) is 0.847. The predicted molar refractivity (Wildman–Crippen MR) is 39.5 cm³/mol. The summed E-state index contributed by atoms with van der Waals surface area (Å²) >= 11 is 0. The maximum Gasteiger partial charge on any atom is 0.294 e. The van der Waals surface area contributed by atoms with Gasteiger partial charge in [0.25, 0.3) is 6.47 Å². The summed E-state index contributed by atoms with van der Waals surface area (Å²) in [6.07, 6.45) is 0. The summed E-state index contributed by atoms with van der Waals surface area (Å²) in [6, 6.07) is 0. The van der Waals surface area contributed by atoms with Gasteiger partial charge in [0, 0.05) is 5.54 Å². The minimum atomic E-state index is 0.0585. The van der Waals surface area contributed by atoms with Crippen LogP contribution in [0.4, 0.5) is 0 Å². The molecule has 3 nitrogen and oxygen atoms in total. The van der Waals surface area contributed by atoms with Crippen LogP contribution < -0.4 is 0 Å². The molecule has 0 saturated carbocycles. The third-order valence-corrected chi connectivity index (χ3v) is 1.48. The van der Waals surface area contributed by atoms with Crippen LogP contribution in [0.25, 0.3) is 0 Å². The highest BCUT2D eigenvalue weighted by Gasteiger charge is 2.16. The Morgan fingerprint density at radius 3 is 2.30 bits per heavy atom. The van der Waals surface area contributed by atoms with E-state index in [4.69, 9.17) is 0 Å². The molecule has 0 aromatic carbocycles. The van der Waals surface area contributed by atoms with Crippen LogP contribution in [0, 0.1) is 0 Å². The first-order chi connectivity index (χ1) is 4.48. The number of hydrogen-bond donors (Lipinski definition) is 0. The van der Waals surface area contributed by atoms with Crippen LogP contribution in [0.15, 0.2) is 0 Å². The van der Waals surface area contributed by atoms with E-state index in [1.807, 2.05) is 11.9 Å². The average Bonchev–Trinajstić information content (AvgIpc) is 1.80. The molecule has 0 aromatic heterocycles. The highest BCUT2D eigenvalue weighted by Crippen LogP contribution is 2.08. The summed E-state index contributed by atoms with van der Waals surface area (Å²) in [5.74, 6) is 0. The molecule has 10 heavy (non-hydrogen) atoms. The van der Waals surface area contributed by atoms with Crippen molar-refractivity contribution in [2.75, 3.05) is 13.8 Å². The Morgan fingerprint density at radius 2 is 2.00 bits per heavy atom. The third-order valence-electron chi connectivity index (χ3n) is 1.48. The van der Waals surface area contributed by atoms with E-state index in [9.17, 15) is 4.79 Å². The molecule has 0 N–H and O–H groups in total. The van der Waals surface area contributed by atoms with Gasteiger partial charge in [-0.3, -0.25) is 9.69 Å². The van der Waals surface area contributed by atoms with Crippen LogP contribution in [-0.2, 0) is 9.53 Å². The Kier molecular flexibility index (Phi) is 3.36. The van der Waals surface area contributed by atoms with Crippen molar-refractivity contribution in [2.24, 2.45) is 0 Å². The minimum Gasteiger partial charge on any atom is -0.452 e. The lowest BCUT2D eigenvalue weighted by Crippen LogP contribution is -2.39. The molecule has 0 unspecified atom stereocenters. The molecule has 3 heteroatoms. The van der Waals surface area contributed by atoms with Gasteiger partial charge in [-0.25, -0.2) is 0 Å². The van der Waals surface area contributed by atoms with Gasteiger partial charge in [-0.15, -0.1) is 0 Å². The zero-order valence-corrected chi connectivity index (χ0v) is 7.05. The van der Waals surface area contributed by atoms with E-state index >= 15 is 0 Å². The molecule has 0 aliphatic carbocycles. The lowest BCUT2D eigenvalue weighted by atomic mass is 10.1. The Bertz CT molecular complexity index is 107. The molecular weight excluding hydrogens is 130 g/mol. The van der Waals surface area contributed by atoms with E-state index in [2.05, 4.69) is 25.5 Å². The van der Waals surface area contributed by atoms with Gasteiger partial charge in [0.1, 0.15) is 6.73 Å². The summed E-state index contributed by atoms with van der Waals surface area (Å²) in [5.41, 5.74) is 0.0585. The molecule has 0 rings (SSSR count). The van der Waals surface area contributed by atoms with Gasteiger partial charge in [-0.2, -0.15) is 0 Å². The fourth-order valence-corrected chi connectivity index (χ4v) is 0.336. The average molecular weight is 145 g/mol. The topological polar surface area (TPSA) is 29.5 Å². The quantitative estimate of drug-likeness (QED) is 0.435. The number of hydrogen-bond acceptors (Lipinski definition) is 3. The molecule has 60 valence electrons. The fourth-order valence-electron chi connectivity index (χ4n) is 0.336. The summed E-state index contributed by atoms with van der Waals surface area (Å²) in [6.45, 7) is 6.98. The molecule has 0 atom stereocenters. The molecule has 0 spiro atoms. The van der Waals surface area contributed by atoms with Crippen molar-refractivity contribution in [3.05, 3.63) is 0 Å². The van der Waals surface area contributed by atoms with Crippen LogP contribution >= 0.6 is 0 Å². The van der Waals surface area contributed by atoms with Gasteiger partial charge in [-0.1, -0.05) is 0 Å². The lowest BCUT2D eigenvalue weighted by Gasteiger charge is -2.30. The largest absolute Gasteiger partial charge is 0.452 e. The summed E-state index contributed by atoms with van der Waals surface area (Å²) in [5, 5.41) is 0. The molecule has 0 aliphatic rings. The van der Waals surface area contributed by atoms with Crippen LogP contribution in [-0.4, -0.2) is 30.7 Å². The van der Waals surface area contributed by atoms with Crippen LogP contribution in [0.1, 0.15) is 20.8 Å². The second-order valence-electron chi connectivity index (χ2n) is 3.26. The standard InChI is InChI=1S/C7H15NO2/c1-7(2,3)8(4)5-10-6-9/h6H,5H2,1-4H3. The van der Waals surface area contributed by atoms with Crippen molar-refractivity contribution in [2.45, 2.75) is 26.3 Å². The Hall–Kier alpha value is -0.570. The maximum absolute atomic E-state index is 9.79. The van der Waals surface area contributed by atoms with Crippen molar-refractivity contribution in [3.8, 4) is 0 Å². The maximum atomic E-state index is 9.79. The Balaban J connectivity index is 3.61. The van der Waals surface area contributed by atoms with Gasteiger partial charge in [0.05, 0.1) is 0 Å². The van der Waals surface area contributed by atoms with Crippen molar-refractivity contribution in [3.63, 3.8) is 0 Å². The first kappa shape index (κ1) is 9.43. The molecule has 0 bridgehead atoms. The molecule has 0 heterocycles. The molecule has 0 radical (unpaired) electrons. The van der Waals surface area contributed by atoms with E-state index < -0.39 is 0 Å². The van der Waals surface area contributed by atoms with E-state index in [-0.39, 0.29) is 5.54 Å². The van der Waals surface area contributed by atoms with E-state index in [1.165, 1.54) is 0 Å². The molecule has 0 saturated heterocycles. The zero-order chi connectivity index (χ0) is 8.20. The van der Waals surface area contributed by atoms with Gasteiger partial charge >= 0.3 is 0 Å². The summed E-state index contributed by atoms with van der Waals surface area (Å²) in [7, 11) is 1.91. The fraction of sp³-hybridized carbons (Fsp3) is 0.857. The second kappa shape index (κ2) is 3.56. The molecule has 0 aromatic rings. The molecule has 0 amide bonds. The number of nitrogens with zero attached hydrogens (tertiary/aromatic N) is 1. The van der Waals surface area contributed by atoms with E-state index in [0.717, 1.165) is 0 Å². The highest BCUT2D eigenvalue weighted by atomic mass is 16.5. The van der Waals surface area contributed by atoms with Gasteiger partial charge in [0.2, 0.25) is 0 Å². The number of carbonyl (C=O) groups is 1. The third kappa shape index (κ3) is 3.45. The lowest BCUT2D eigenvalue weighted by molar-refractivity contribution is -0.134. The summed E-state index contributed by atoms with van der Waals surface area (Å²) < 4.78 is 4.57. The highest BCUT2D eigenvalue weighted by molar-refractivity contribution is 5.36. The van der Waals surface area contributed by atoms with Gasteiger partial charge in [-0.05, 0) is 27.8 Å². The second-order valence-corrected chi connectivity index (χ2v) is 3.26. The zero-order valence-electron chi connectivity index (χ0n) is 7.05. The molecule has 0 fully saturated rings. The van der Waals surface area contributed by atoms with E-state index in [0.29, 0.717) is 13.2 Å². The molecular formula is C7H15NO2. The first-order valence-electron chi connectivity index (χ1n) is 3.25. The van der Waals surface area contributed by atoms with Crippen molar-refractivity contribution in [1.29, 1.82) is 0 Å². The van der Waals surface area contributed by atoms with Crippen molar-refractivity contribution in [1.82, 2.24) is 4.90 Å². The van der Waals surface area contributed by atoms with Crippen LogP contribution in [0.2, 0.25) is 0 Å². The van der Waals surface area contributed by atoms with Crippen LogP contribution in [0.3, 0.4) is 0 Å². The van der Waals surface area contributed by atoms with Gasteiger partial charge < -0.3 is 4.74 Å². The SMILES string of the molecule is CN(COC=O)C(C)(C)C. The first-order valence-corrected chi connectivity index (χ1v) is 3.25. The van der Waals surface area contributed by atoms with Crippen molar-refractivity contribution >= 4 is 6.47 Å². The van der Waals surface area contributed by atoms with E-state index in [1.54, 1.807) is 0 Å². The Morgan fingerprint density at radius 1 is 1.50 bits per heavy atom. The van der Waals surface area contributed by atoms with Crippen LogP contribution in [0.5, 0.6) is 0 Å². The monoisotopic (exact) mass is 145 g/mol. The van der Waals surface area contributed by atoms with Crippen molar-refractivity contribution < 1.29 is 9.53 Å². The number of ether oxygens (including phenoxy) is 1. The smallest absolute Gasteiger partial charge is 0.294 e. The summed E-state index contributed by atoms with van der Waals surface area (Å²) in [4.78, 5) is 11.7.